The van der Waals surface area contributed by atoms with Gasteiger partial charge in [0.05, 0.1) is 12.3 Å². The third kappa shape index (κ3) is 3.78. The molecule has 0 aliphatic heterocycles. The van der Waals surface area contributed by atoms with E-state index in [4.69, 9.17) is 16.7 Å². The number of carbonyl (C=O) groups is 1. The number of aliphatic hydroxyl groups is 1. The van der Waals surface area contributed by atoms with Gasteiger partial charge in [0.1, 0.15) is 0 Å². The Hall–Kier alpha value is -0.910. The largest absolute Gasteiger partial charge is 0.395 e. The Balaban J connectivity index is 2.10. The molecule has 2 N–H and O–H groups in total. The lowest BCUT2D eigenvalue weighted by Crippen LogP contribution is -2.38. The van der Waals surface area contributed by atoms with Crippen LogP contribution in [0.2, 0.25) is 5.02 Å². The van der Waals surface area contributed by atoms with Crippen LogP contribution in [0.5, 0.6) is 0 Å². The highest BCUT2D eigenvalue weighted by Gasteiger charge is 2.32. The molecule has 2 amide bonds. The summed E-state index contributed by atoms with van der Waals surface area (Å²) >= 11 is 7.51. The first-order valence-corrected chi connectivity index (χ1v) is 7.78. The number of carbonyl (C=O) groups excluding carboxylic acids is 1. The van der Waals surface area contributed by atoms with Gasteiger partial charge in [0, 0.05) is 22.5 Å². The third-order valence-corrected chi connectivity index (χ3v) is 4.02. The van der Waals surface area contributed by atoms with E-state index in [-0.39, 0.29) is 18.7 Å². The molecule has 0 radical (unpaired) electrons. The maximum atomic E-state index is 12.2. The number of rotatable bonds is 5. The standard InChI is InChI=1S/C13H17ClN2O2S/c1-19-12-5-2-9(14)8-11(12)15-13(18)16(6-7-17)10-3-4-10/h2,5,8,10,17H,3-4,6-7H2,1H3,(H,15,18). The second kappa shape index (κ2) is 6.50. The molecule has 1 fully saturated rings. The Bertz CT molecular complexity index is 466. The normalized spacial score (nSPS) is 14.3. The van der Waals surface area contributed by atoms with E-state index in [9.17, 15) is 4.79 Å². The molecule has 0 atom stereocenters. The van der Waals surface area contributed by atoms with Gasteiger partial charge in [-0.15, -0.1) is 11.8 Å². The summed E-state index contributed by atoms with van der Waals surface area (Å²) in [5.74, 6) is 0. The second-order valence-corrected chi connectivity index (χ2v) is 5.71. The summed E-state index contributed by atoms with van der Waals surface area (Å²) in [7, 11) is 0. The zero-order valence-corrected chi connectivity index (χ0v) is 12.3. The number of urea groups is 1. The molecular formula is C13H17ClN2O2S. The fourth-order valence-electron chi connectivity index (χ4n) is 1.91. The molecule has 2 rings (SSSR count). The molecule has 1 saturated carbocycles. The van der Waals surface area contributed by atoms with Crippen molar-refractivity contribution in [2.24, 2.45) is 0 Å². The van der Waals surface area contributed by atoms with Crippen LogP contribution in [0.25, 0.3) is 0 Å². The smallest absolute Gasteiger partial charge is 0.322 e. The predicted octanol–water partition coefficient (Wildman–Crippen LogP) is 3.05. The van der Waals surface area contributed by atoms with Crippen LogP contribution >= 0.6 is 23.4 Å². The lowest BCUT2D eigenvalue weighted by Gasteiger charge is -2.22. The van der Waals surface area contributed by atoms with Crippen molar-refractivity contribution in [2.75, 3.05) is 24.7 Å². The van der Waals surface area contributed by atoms with Gasteiger partial charge >= 0.3 is 6.03 Å². The number of amides is 2. The molecule has 1 aromatic rings. The summed E-state index contributed by atoms with van der Waals surface area (Å²) in [6.45, 7) is 0.348. The summed E-state index contributed by atoms with van der Waals surface area (Å²) < 4.78 is 0. The highest BCUT2D eigenvalue weighted by Crippen LogP contribution is 2.30. The minimum absolute atomic E-state index is 0.0190. The van der Waals surface area contributed by atoms with Crippen molar-refractivity contribution < 1.29 is 9.90 Å². The minimum atomic E-state index is -0.172. The van der Waals surface area contributed by atoms with Crippen molar-refractivity contribution in [2.45, 2.75) is 23.8 Å². The first kappa shape index (κ1) is 14.5. The van der Waals surface area contributed by atoms with Gasteiger partial charge in [-0.3, -0.25) is 0 Å². The summed E-state index contributed by atoms with van der Waals surface area (Å²) in [6.07, 6.45) is 3.97. The van der Waals surface area contributed by atoms with Crippen molar-refractivity contribution in [3.8, 4) is 0 Å². The fourth-order valence-corrected chi connectivity index (χ4v) is 2.61. The molecular weight excluding hydrogens is 284 g/mol. The highest BCUT2D eigenvalue weighted by atomic mass is 35.5. The Kier molecular flexibility index (Phi) is 4.96. The first-order valence-electron chi connectivity index (χ1n) is 6.17. The van der Waals surface area contributed by atoms with Crippen LogP contribution in [-0.2, 0) is 0 Å². The maximum Gasteiger partial charge on any atom is 0.322 e. The molecule has 0 aromatic heterocycles. The maximum absolute atomic E-state index is 12.2. The van der Waals surface area contributed by atoms with Crippen molar-refractivity contribution in [1.82, 2.24) is 4.90 Å². The van der Waals surface area contributed by atoms with Gasteiger partial charge in [-0.2, -0.15) is 0 Å². The van der Waals surface area contributed by atoms with Crippen LogP contribution < -0.4 is 5.32 Å². The van der Waals surface area contributed by atoms with E-state index >= 15 is 0 Å². The number of aliphatic hydroxyl groups excluding tert-OH is 1. The van der Waals surface area contributed by atoms with Crippen LogP contribution in [0.4, 0.5) is 10.5 Å². The van der Waals surface area contributed by atoms with E-state index in [1.165, 1.54) is 0 Å². The van der Waals surface area contributed by atoms with Gasteiger partial charge in [0.2, 0.25) is 0 Å². The van der Waals surface area contributed by atoms with Crippen LogP contribution in [-0.4, -0.2) is 41.5 Å². The number of halogens is 1. The molecule has 1 aliphatic carbocycles. The molecule has 0 spiro atoms. The molecule has 4 nitrogen and oxygen atoms in total. The second-order valence-electron chi connectivity index (χ2n) is 4.42. The molecule has 6 heteroatoms. The molecule has 1 aromatic carbocycles. The molecule has 104 valence electrons. The van der Waals surface area contributed by atoms with E-state index in [2.05, 4.69) is 5.32 Å². The van der Waals surface area contributed by atoms with Crippen LogP contribution in [0.3, 0.4) is 0 Å². The molecule has 1 aliphatic rings. The third-order valence-electron chi connectivity index (χ3n) is 2.99. The van der Waals surface area contributed by atoms with Gasteiger partial charge in [-0.25, -0.2) is 4.79 Å². The first-order chi connectivity index (χ1) is 9.15. The van der Waals surface area contributed by atoms with Crippen LogP contribution in [0, 0.1) is 0 Å². The number of hydrogen-bond donors (Lipinski definition) is 2. The van der Waals surface area contributed by atoms with E-state index in [0.717, 1.165) is 17.7 Å². The summed E-state index contributed by atoms with van der Waals surface area (Å²) in [5, 5.41) is 12.5. The quantitative estimate of drug-likeness (QED) is 0.822. The Morgan fingerprint density at radius 2 is 2.32 bits per heavy atom. The fraction of sp³-hybridized carbons (Fsp3) is 0.462. The number of anilines is 1. The van der Waals surface area contributed by atoms with Gasteiger partial charge in [0.25, 0.3) is 0 Å². The van der Waals surface area contributed by atoms with Crippen molar-refractivity contribution in [3.63, 3.8) is 0 Å². The topological polar surface area (TPSA) is 52.6 Å². The average molecular weight is 301 g/mol. The monoisotopic (exact) mass is 300 g/mol. The molecule has 19 heavy (non-hydrogen) atoms. The van der Waals surface area contributed by atoms with Crippen molar-refractivity contribution >= 4 is 35.1 Å². The van der Waals surface area contributed by atoms with Gasteiger partial charge in [-0.05, 0) is 37.3 Å². The SMILES string of the molecule is CSc1ccc(Cl)cc1NC(=O)N(CCO)C1CC1. The van der Waals surface area contributed by atoms with Crippen LogP contribution in [0.15, 0.2) is 23.1 Å². The molecule has 0 unspecified atom stereocenters. The number of hydrogen-bond acceptors (Lipinski definition) is 3. The zero-order chi connectivity index (χ0) is 13.8. The number of nitrogens with zero attached hydrogens (tertiary/aromatic N) is 1. The Morgan fingerprint density at radius 1 is 1.58 bits per heavy atom. The summed E-state index contributed by atoms with van der Waals surface area (Å²) in [5.41, 5.74) is 0.716. The van der Waals surface area contributed by atoms with Gasteiger partial charge < -0.3 is 15.3 Å². The lowest BCUT2D eigenvalue weighted by atomic mass is 10.3. The van der Waals surface area contributed by atoms with Gasteiger partial charge in [0.15, 0.2) is 0 Å². The average Bonchev–Trinajstić information content (AvgIpc) is 3.20. The van der Waals surface area contributed by atoms with E-state index in [0.29, 0.717) is 17.3 Å². The lowest BCUT2D eigenvalue weighted by molar-refractivity contribution is 0.185. The van der Waals surface area contributed by atoms with Crippen molar-refractivity contribution in [3.05, 3.63) is 23.2 Å². The molecule has 0 heterocycles. The number of nitrogens with one attached hydrogen (secondary N) is 1. The molecule has 0 bridgehead atoms. The van der Waals surface area contributed by atoms with E-state index in [1.54, 1.807) is 28.8 Å². The minimum Gasteiger partial charge on any atom is -0.395 e. The van der Waals surface area contributed by atoms with Crippen molar-refractivity contribution in [1.29, 1.82) is 0 Å². The predicted molar refractivity (Wildman–Crippen MR) is 79.1 cm³/mol. The van der Waals surface area contributed by atoms with Gasteiger partial charge in [-0.1, -0.05) is 11.6 Å². The summed E-state index contributed by atoms with van der Waals surface area (Å²) in [6, 6.07) is 5.53. The highest BCUT2D eigenvalue weighted by molar-refractivity contribution is 7.98. The Labute approximate surface area is 122 Å². The van der Waals surface area contributed by atoms with Crippen LogP contribution in [0.1, 0.15) is 12.8 Å². The zero-order valence-electron chi connectivity index (χ0n) is 10.7. The summed E-state index contributed by atoms with van der Waals surface area (Å²) in [4.78, 5) is 14.9. The number of thioether (sulfide) groups is 1. The molecule has 0 saturated heterocycles. The Morgan fingerprint density at radius 3 is 2.89 bits per heavy atom. The van der Waals surface area contributed by atoms with E-state index < -0.39 is 0 Å². The number of benzene rings is 1. The van der Waals surface area contributed by atoms with E-state index in [1.807, 2.05) is 12.3 Å².